The van der Waals surface area contributed by atoms with Gasteiger partial charge in [-0.25, -0.2) is 0 Å². The molecule has 0 bridgehead atoms. The number of ether oxygens (including phenoxy) is 3. The highest BCUT2D eigenvalue weighted by Crippen LogP contribution is 2.35. The Morgan fingerprint density at radius 3 is 2.95 bits per heavy atom. The number of piperidine rings is 1. The van der Waals surface area contributed by atoms with E-state index >= 15 is 0 Å². The van der Waals surface area contributed by atoms with Crippen LogP contribution in [0.5, 0.6) is 0 Å². The highest BCUT2D eigenvalue weighted by molar-refractivity contribution is 5.80. The number of amides is 1. The molecule has 0 aromatic carbocycles. The molecule has 2 heterocycles. The molecule has 20 heavy (non-hydrogen) atoms. The molecule has 2 rings (SSSR count). The fourth-order valence-electron chi connectivity index (χ4n) is 2.89. The topological polar surface area (TPSA) is 68.8 Å². The van der Waals surface area contributed by atoms with E-state index in [9.17, 15) is 4.79 Å². The van der Waals surface area contributed by atoms with E-state index in [1.807, 2.05) is 0 Å². The first-order chi connectivity index (χ1) is 9.65. The van der Waals surface area contributed by atoms with Gasteiger partial charge in [-0.15, -0.1) is 0 Å². The Morgan fingerprint density at radius 2 is 2.25 bits per heavy atom. The van der Waals surface area contributed by atoms with Gasteiger partial charge in [0.25, 0.3) is 0 Å². The lowest BCUT2D eigenvalue weighted by Gasteiger charge is -2.32. The van der Waals surface area contributed by atoms with Gasteiger partial charge in [0.2, 0.25) is 5.91 Å². The monoisotopic (exact) mass is 286 g/mol. The van der Waals surface area contributed by atoms with Crippen LogP contribution in [0.1, 0.15) is 26.2 Å². The lowest BCUT2D eigenvalue weighted by atomic mass is 9.89. The number of carbonyl (C=O) groups excluding carboxylic acids is 1. The first-order valence-corrected chi connectivity index (χ1v) is 7.42. The smallest absolute Gasteiger partial charge is 0.248 e. The molecule has 2 atom stereocenters. The third-order valence-corrected chi connectivity index (χ3v) is 4.06. The molecule has 1 spiro atoms. The molecule has 2 fully saturated rings. The van der Waals surface area contributed by atoms with E-state index < -0.39 is 6.10 Å². The zero-order valence-electron chi connectivity index (χ0n) is 12.4. The Balaban J connectivity index is 1.72. The molecule has 2 saturated heterocycles. The van der Waals surface area contributed by atoms with Crippen LogP contribution in [0.4, 0.5) is 0 Å². The van der Waals surface area contributed by atoms with Gasteiger partial charge in [-0.1, -0.05) is 0 Å². The first kappa shape index (κ1) is 15.7. The lowest BCUT2D eigenvalue weighted by molar-refractivity contribution is -0.135. The highest BCUT2D eigenvalue weighted by atomic mass is 16.6. The van der Waals surface area contributed by atoms with Crippen LogP contribution in [-0.4, -0.2) is 63.7 Å². The average Bonchev–Trinajstić information content (AvgIpc) is 2.82. The molecule has 0 radical (unpaired) electrons. The summed E-state index contributed by atoms with van der Waals surface area (Å²) in [6.07, 6.45) is 2.53. The summed E-state index contributed by atoms with van der Waals surface area (Å²) in [5, 5.41) is 6.13. The molecular formula is C14H26N2O4. The normalized spacial score (nSPS) is 26.6. The van der Waals surface area contributed by atoms with Gasteiger partial charge < -0.3 is 24.8 Å². The summed E-state index contributed by atoms with van der Waals surface area (Å²) in [6.45, 7) is 5.41. The standard InChI is InChI=1S/C14H26N2O4/c1-11(13(17)16-7-8-18-2)20-12-9-14(19-10-12)3-5-15-6-4-14/h11-12,15H,3-10H2,1-2H3,(H,16,17). The zero-order valence-corrected chi connectivity index (χ0v) is 12.4. The van der Waals surface area contributed by atoms with E-state index in [0.717, 1.165) is 32.4 Å². The molecule has 1 amide bonds. The van der Waals surface area contributed by atoms with E-state index in [2.05, 4.69) is 10.6 Å². The predicted molar refractivity (Wildman–Crippen MR) is 74.6 cm³/mol. The molecule has 2 unspecified atom stereocenters. The molecule has 0 aliphatic carbocycles. The van der Waals surface area contributed by atoms with Gasteiger partial charge in [-0.2, -0.15) is 0 Å². The number of rotatable bonds is 6. The van der Waals surface area contributed by atoms with Crippen LogP contribution in [0.25, 0.3) is 0 Å². The van der Waals surface area contributed by atoms with Gasteiger partial charge in [-0.3, -0.25) is 4.79 Å². The fraction of sp³-hybridized carbons (Fsp3) is 0.929. The molecule has 6 nitrogen and oxygen atoms in total. The van der Waals surface area contributed by atoms with E-state index in [1.54, 1.807) is 14.0 Å². The molecule has 2 aliphatic heterocycles. The fourth-order valence-corrected chi connectivity index (χ4v) is 2.89. The Labute approximate surface area is 120 Å². The van der Waals surface area contributed by atoms with Crippen molar-refractivity contribution in [2.45, 2.75) is 44.0 Å². The van der Waals surface area contributed by atoms with Crippen molar-refractivity contribution in [2.24, 2.45) is 0 Å². The number of hydrogen-bond acceptors (Lipinski definition) is 5. The maximum absolute atomic E-state index is 11.8. The molecule has 2 aliphatic rings. The first-order valence-electron chi connectivity index (χ1n) is 7.42. The van der Waals surface area contributed by atoms with Crippen LogP contribution in [0.15, 0.2) is 0 Å². The molecule has 6 heteroatoms. The van der Waals surface area contributed by atoms with Crippen molar-refractivity contribution in [1.29, 1.82) is 0 Å². The van der Waals surface area contributed by atoms with Crippen LogP contribution < -0.4 is 10.6 Å². The SMILES string of the molecule is COCCNC(=O)C(C)OC1COC2(CCNCC2)C1. The number of carbonyl (C=O) groups is 1. The second-order valence-corrected chi connectivity index (χ2v) is 5.63. The predicted octanol–water partition coefficient (Wildman–Crippen LogP) is 0.0652. The summed E-state index contributed by atoms with van der Waals surface area (Å²) in [7, 11) is 1.61. The van der Waals surface area contributed by atoms with Crippen molar-refractivity contribution in [3.63, 3.8) is 0 Å². The van der Waals surface area contributed by atoms with E-state index in [0.29, 0.717) is 19.8 Å². The van der Waals surface area contributed by atoms with Gasteiger partial charge in [0.05, 0.1) is 24.9 Å². The molecule has 2 N–H and O–H groups in total. The molecule has 0 aromatic rings. The Hall–Kier alpha value is -0.690. The summed E-state index contributed by atoms with van der Waals surface area (Å²) in [5.41, 5.74) is -0.0256. The van der Waals surface area contributed by atoms with Crippen molar-refractivity contribution in [1.82, 2.24) is 10.6 Å². The minimum Gasteiger partial charge on any atom is -0.383 e. The van der Waals surface area contributed by atoms with Gasteiger partial charge in [0, 0.05) is 20.1 Å². The highest BCUT2D eigenvalue weighted by Gasteiger charge is 2.42. The zero-order chi connectivity index (χ0) is 14.4. The molecule has 0 aromatic heterocycles. The van der Waals surface area contributed by atoms with Crippen molar-refractivity contribution >= 4 is 5.91 Å². The largest absolute Gasteiger partial charge is 0.383 e. The van der Waals surface area contributed by atoms with Gasteiger partial charge in [0.1, 0.15) is 6.10 Å². The van der Waals surface area contributed by atoms with Crippen LogP contribution in [0.3, 0.4) is 0 Å². The Kier molecular flexibility index (Phi) is 5.77. The minimum atomic E-state index is -0.447. The maximum atomic E-state index is 11.8. The Morgan fingerprint density at radius 1 is 1.50 bits per heavy atom. The van der Waals surface area contributed by atoms with Crippen molar-refractivity contribution in [3.05, 3.63) is 0 Å². The van der Waals surface area contributed by atoms with Crippen LogP contribution in [0, 0.1) is 0 Å². The number of hydrogen-bond donors (Lipinski definition) is 2. The van der Waals surface area contributed by atoms with E-state index in [4.69, 9.17) is 14.2 Å². The van der Waals surface area contributed by atoms with E-state index in [1.165, 1.54) is 0 Å². The van der Waals surface area contributed by atoms with Crippen molar-refractivity contribution in [2.75, 3.05) is 40.0 Å². The maximum Gasteiger partial charge on any atom is 0.248 e. The van der Waals surface area contributed by atoms with Gasteiger partial charge >= 0.3 is 0 Å². The van der Waals surface area contributed by atoms with Crippen LogP contribution in [-0.2, 0) is 19.0 Å². The second kappa shape index (κ2) is 7.36. The van der Waals surface area contributed by atoms with Crippen LogP contribution >= 0.6 is 0 Å². The summed E-state index contributed by atoms with van der Waals surface area (Å²) in [4.78, 5) is 11.8. The minimum absolute atomic E-state index is 0.0243. The molecule has 0 saturated carbocycles. The van der Waals surface area contributed by atoms with E-state index in [-0.39, 0.29) is 17.6 Å². The van der Waals surface area contributed by atoms with Crippen molar-refractivity contribution in [3.8, 4) is 0 Å². The average molecular weight is 286 g/mol. The summed E-state index contributed by atoms with van der Waals surface area (Å²) in [5.74, 6) is -0.0895. The third-order valence-electron chi connectivity index (χ3n) is 4.06. The second-order valence-electron chi connectivity index (χ2n) is 5.63. The van der Waals surface area contributed by atoms with Gasteiger partial charge in [0.15, 0.2) is 0 Å². The molecule has 116 valence electrons. The Bertz CT molecular complexity index is 318. The number of nitrogens with one attached hydrogen (secondary N) is 2. The van der Waals surface area contributed by atoms with Gasteiger partial charge in [-0.05, 0) is 32.9 Å². The lowest BCUT2D eigenvalue weighted by Crippen LogP contribution is -2.42. The molecular weight excluding hydrogens is 260 g/mol. The third kappa shape index (κ3) is 4.15. The van der Waals surface area contributed by atoms with Crippen LogP contribution in [0.2, 0.25) is 0 Å². The summed E-state index contributed by atoms with van der Waals surface area (Å²) in [6, 6.07) is 0. The quantitative estimate of drug-likeness (QED) is 0.676. The summed E-state index contributed by atoms with van der Waals surface area (Å²) < 4.78 is 16.7. The number of methoxy groups -OCH3 is 1. The summed E-state index contributed by atoms with van der Waals surface area (Å²) >= 11 is 0. The van der Waals surface area contributed by atoms with Crippen molar-refractivity contribution < 1.29 is 19.0 Å².